The summed E-state index contributed by atoms with van der Waals surface area (Å²) in [5.74, 6) is 0.0758. The average Bonchev–Trinajstić information content (AvgIpc) is 2.56. The molecule has 0 aromatic heterocycles. The lowest BCUT2D eigenvalue weighted by Crippen LogP contribution is -2.47. The number of urea groups is 1. The average molecular weight is 382 g/mol. The van der Waals surface area contributed by atoms with E-state index in [-0.39, 0.29) is 17.9 Å². The van der Waals surface area contributed by atoms with Gasteiger partial charge >= 0.3 is 6.03 Å². The predicted molar refractivity (Wildman–Crippen MR) is 95.4 cm³/mol. The number of halogens is 1. The molecule has 1 saturated heterocycles. The van der Waals surface area contributed by atoms with Gasteiger partial charge in [-0.3, -0.25) is 4.79 Å². The summed E-state index contributed by atoms with van der Waals surface area (Å²) in [6.07, 6.45) is 1.72. The van der Waals surface area contributed by atoms with Crippen LogP contribution in [0.2, 0.25) is 0 Å². The maximum atomic E-state index is 12.5. The van der Waals surface area contributed by atoms with E-state index >= 15 is 0 Å². The van der Waals surface area contributed by atoms with Gasteiger partial charge in [0.2, 0.25) is 5.91 Å². The monoisotopic (exact) mass is 381 g/mol. The molecule has 1 unspecified atom stereocenters. The molecule has 1 aromatic carbocycles. The number of carbonyl (C=O) groups excluding carboxylic acids is 2. The molecule has 2 rings (SSSR count). The molecule has 0 radical (unpaired) electrons. The molecule has 1 aliphatic rings. The van der Waals surface area contributed by atoms with Crippen molar-refractivity contribution in [3.63, 3.8) is 0 Å². The van der Waals surface area contributed by atoms with E-state index in [4.69, 9.17) is 0 Å². The molecule has 1 aromatic rings. The Morgan fingerprint density at radius 1 is 1.35 bits per heavy atom. The first kappa shape index (κ1) is 17.8. The third-order valence-electron chi connectivity index (χ3n) is 4.21. The first-order valence-corrected chi connectivity index (χ1v) is 8.94. The van der Waals surface area contributed by atoms with Crippen molar-refractivity contribution in [2.24, 2.45) is 5.92 Å². The summed E-state index contributed by atoms with van der Waals surface area (Å²) >= 11 is 3.39. The molecule has 1 N–H and O–H groups in total. The van der Waals surface area contributed by atoms with Crippen LogP contribution in [0, 0.1) is 5.92 Å². The molecule has 1 atom stereocenters. The van der Waals surface area contributed by atoms with Crippen molar-refractivity contribution in [2.45, 2.75) is 26.7 Å². The van der Waals surface area contributed by atoms with Crippen molar-refractivity contribution in [1.29, 1.82) is 0 Å². The Morgan fingerprint density at radius 3 is 2.74 bits per heavy atom. The van der Waals surface area contributed by atoms with E-state index in [2.05, 4.69) is 21.2 Å². The van der Waals surface area contributed by atoms with Crippen molar-refractivity contribution in [3.8, 4) is 0 Å². The molecule has 5 nitrogen and oxygen atoms in total. The Bertz CT molecular complexity index is 561. The minimum Gasteiger partial charge on any atom is -0.343 e. The van der Waals surface area contributed by atoms with Crippen molar-refractivity contribution < 1.29 is 9.59 Å². The lowest BCUT2D eigenvalue weighted by molar-refractivity contribution is -0.136. The Morgan fingerprint density at radius 2 is 2.09 bits per heavy atom. The lowest BCUT2D eigenvalue weighted by Gasteiger charge is -2.34. The molecule has 0 bridgehead atoms. The van der Waals surface area contributed by atoms with Gasteiger partial charge in [0.05, 0.1) is 5.92 Å². The molecule has 0 aliphatic carbocycles. The van der Waals surface area contributed by atoms with Crippen LogP contribution in [-0.2, 0) is 4.79 Å². The summed E-state index contributed by atoms with van der Waals surface area (Å²) < 4.78 is 0.920. The number of nitrogens with zero attached hydrogens (tertiary/aromatic N) is 2. The van der Waals surface area contributed by atoms with Gasteiger partial charge in [0.25, 0.3) is 0 Å². The minimum atomic E-state index is -0.139. The fraction of sp³-hybridized carbons (Fsp3) is 0.529. The summed E-state index contributed by atoms with van der Waals surface area (Å²) in [4.78, 5) is 28.5. The summed E-state index contributed by atoms with van der Waals surface area (Å²) in [5, 5.41) is 2.90. The number of amides is 3. The Kier molecular flexibility index (Phi) is 6.45. The number of hydrogen-bond donors (Lipinski definition) is 1. The Labute approximate surface area is 146 Å². The number of benzene rings is 1. The van der Waals surface area contributed by atoms with Crippen molar-refractivity contribution in [3.05, 3.63) is 28.7 Å². The summed E-state index contributed by atoms with van der Waals surface area (Å²) in [7, 11) is 0. The highest BCUT2D eigenvalue weighted by Gasteiger charge is 2.30. The van der Waals surface area contributed by atoms with Crippen LogP contribution in [0.5, 0.6) is 0 Å². The maximum Gasteiger partial charge on any atom is 0.321 e. The minimum absolute atomic E-state index is 0.0862. The van der Waals surface area contributed by atoms with Crippen LogP contribution >= 0.6 is 15.9 Å². The number of nitrogens with one attached hydrogen (secondary N) is 1. The van der Waals surface area contributed by atoms with Gasteiger partial charge in [-0.15, -0.1) is 0 Å². The first-order valence-electron chi connectivity index (χ1n) is 8.15. The highest BCUT2D eigenvalue weighted by molar-refractivity contribution is 9.10. The van der Waals surface area contributed by atoms with Crippen molar-refractivity contribution >= 4 is 33.6 Å². The first-order chi connectivity index (χ1) is 11.0. The standard InChI is InChI=1S/C17H24BrN3O2/c1-3-20(4-2)16(22)13-7-6-10-21(12-13)17(23)19-15-9-5-8-14(18)11-15/h5,8-9,11,13H,3-4,6-7,10,12H2,1-2H3,(H,19,23). The van der Waals surface area contributed by atoms with E-state index in [9.17, 15) is 9.59 Å². The number of piperidine rings is 1. The highest BCUT2D eigenvalue weighted by Crippen LogP contribution is 2.21. The fourth-order valence-corrected chi connectivity index (χ4v) is 3.32. The topological polar surface area (TPSA) is 52.7 Å². The van der Waals surface area contributed by atoms with Crippen molar-refractivity contribution in [1.82, 2.24) is 9.80 Å². The smallest absolute Gasteiger partial charge is 0.321 e. The van der Waals surface area contributed by atoms with Crippen LogP contribution in [0.4, 0.5) is 10.5 Å². The largest absolute Gasteiger partial charge is 0.343 e. The van der Waals surface area contributed by atoms with E-state index in [1.165, 1.54) is 0 Å². The van der Waals surface area contributed by atoms with Gasteiger partial charge in [0.1, 0.15) is 0 Å². The zero-order chi connectivity index (χ0) is 16.8. The number of likely N-dealkylation sites (tertiary alicyclic amines) is 1. The predicted octanol–water partition coefficient (Wildman–Crippen LogP) is 3.56. The molecule has 0 saturated carbocycles. The van der Waals surface area contributed by atoms with E-state index in [0.29, 0.717) is 13.1 Å². The van der Waals surface area contributed by atoms with Gasteiger partial charge in [-0.05, 0) is 44.9 Å². The quantitative estimate of drug-likeness (QED) is 0.866. The number of carbonyl (C=O) groups is 2. The number of rotatable bonds is 4. The number of anilines is 1. The molecular formula is C17H24BrN3O2. The van der Waals surface area contributed by atoms with Crippen molar-refractivity contribution in [2.75, 3.05) is 31.5 Å². The highest BCUT2D eigenvalue weighted by atomic mass is 79.9. The third-order valence-corrected chi connectivity index (χ3v) is 4.70. The van der Waals surface area contributed by atoms with Gasteiger partial charge in [-0.1, -0.05) is 22.0 Å². The second-order valence-corrected chi connectivity index (χ2v) is 6.65. The van der Waals surface area contributed by atoms with E-state index in [0.717, 1.165) is 36.1 Å². The lowest BCUT2D eigenvalue weighted by atomic mass is 9.96. The van der Waals surface area contributed by atoms with Crippen LogP contribution in [0.1, 0.15) is 26.7 Å². The second kappa shape index (κ2) is 8.34. The molecule has 0 spiro atoms. The molecule has 1 fully saturated rings. The Hall–Kier alpha value is -1.56. The molecular weight excluding hydrogens is 358 g/mol. The number of hydrogen-bond acceptors (Lipinski definition) is 2. The van der Waals surface area contributed by atoms with Gasteiger partial charge in [-0.2, -0.15) is 0 Å². The molecule has 1 heterocycles. The van der Waals surface area contributed by atoms with E-state index < -0.39 is 0 Å². The normalized spacial score (nSPS) is 17.7. The zero-order valence-corrected chi connectivity index (χ0v) is 15.3. The van der Waals surface area contributed by atoms with Crippen LogP contribution in [0.15, 0.2) is 28.7 Å². The van der Waals surface area contributed by atoms with Crippen LogP contribution in [0.3, 0.4) is 0 Å². The zero-order valence-electron chi connectivity index (χ0n) is 13.7. The summed E-state index contributed by atoms with van der Waals surface area (Å²) in [6, 6.07) is 7.36. The van der Waals surface area contributed by atoms with Crippen LogP contribution < -0.4 is 5.32 Å². The second-order valence-electron chi connectivity index (χ2n) is 5.74. The summed E-state index contributed by atoms with van der Waals surface area (Å²) in [5.41, 5.74) is 0.751. The maximum absolute atomic E-state index is 12.5. The van der Waals surface area contributed by atoms with E-state index in [1.54, 1.807) is 4.90 Å². The molecule has 1 aliphatic heterocycles. The van der Waals surface area contributed by atoms with Gasteiger partial charge < -0.3 is 15.1 Å². The van der Waals surface area contributed by atoms with Crippen LogP contribution in [-0.4, -0.2) is 47.9 Å². The SMILES string of the molecule is CCN(CC)C(=O)C1CCCN(C(=O)Nc2cccc(Br)c2)C1. The molecule has 23 heavy (non-hydrogen) atoms. The fourth-order valence-electron chi connectivity index (χ4n) is 2.93. The summed E-state index contributed by atoms with van der Waals surface area (Å²) in [6.45, 7) is 6.60. The molecule has 126 valence electrons. The van der Waals surface area contributed by atoms with Gasteiger partial charge in [0.15, 0.2) is 0 Å². The van der Waals surface area contributed by atoms with Gasteiger partial charge in [-0.25, -0.2) is 4.79 Å². The van der Waals surface area contributed by atoms with E-state index in [1.807, 2.05) is 43.0 Å². The molecule has 3 amide bonds. The van der Waals surface area contributed by atoms with Gasteiger partial charge in [0, 0.05) is 36.3 Å². The Balaban J connectivity index is 1.97. The molecule has 6 heteroatoms. The van der Waals surface area contributed by atoms with Crippen LogP contribution in [0.25, 0.3) is 0 Å². The third kappa shape index (κ3) is 4.70.